The fourth-order valence-electron chi connectivity index (χ4n) is 6.25. The van der Waals surface area contributed by atoms with E-state index in [1.807, 2.05) is 20.0 Å². The summed E-state index contributed by atoms with van der Waals surface area (Å²) in [6, 6.07) is -0.189. The quantitative estimate of drug-likeness (QED) is 0.118. The van der Waals surface area contributed by atoms with Crippen molar-refractivity contribution in [1.29, 1.82) is 0 Å². The highest BCUT2D eigenvalue weighted by atomic mass is 16.6. The van der Waals surface area contributed by atoms with Gasteiger partial charge in [-0.2, -0.15) is 0 Å². The Morgan fingerprint density at radius 3 is 1.72 bits per heavy atom. The van der Waals surface area contributed by atoms with Crippen molar-refractivity contribution in [1.82, 2.24) is 45.3 Å². The molecule has 0 aliphatic carbocycles. The number of ketones is 1. The van der Waals surface area contributed by atoms with Crippen molar-refractivity contribution >= 4 is 66.7 Å². The number of nitrogens with two attached hydrogens (primary N) is 1. The molecule has 5 atom stereocenters. The van der Waals surface area contributed by atoms with E-state index in [-0.39, 0.29) is 86.9 Å². The van der Waals surface area contributed by atoms with E-state index in [0.717, 1.165) is 28.4 Å². The van der Waals surface area contributed by atoms with Gasteiger partial charge in [-0.25, -0.2) is 39.1 Å². The first-order chi connectivity index (χ1) is 36.9. The summed E-state index contributed by atoms with van der Waals surface area (Å²) in [6.45, 7) is 15.2. The highest BCUT2D eigenvalue weighted by molar-refractivity contribution is 5.88. The molecule has 0 aromatic carbocycles. The molecular formula is C49H77N10O19+. The Hall–Kier alpha value is -8.05. The van der Waals surface area contributed by atoms with Gasteiger partial charge in [-0.15, -0.1) is 0 Å². The van der Waals surface area contributed by atoms with E-state index in [0.29, 0.717) is 19.0 Å². The molecule has 1 fully saturated rings. The van der Waals surface area contributed by atoms with Crippen LogP contribution in [0.1, 0.15) is 95.4 Å². The highest BCUT2D eigenvalue weighted by Gasteiger charge is 2.33. The number of hydrogen-bond donors (Lipinski definition) is 3. The Labute approximate surface area is 453 Å². The summed E-state index contributed by atoms with van der Waals surface area (Å²) in [6.07, 6.45) is 8.94. The zero-order valence-electron chi connectivity index (χ0n) is 46.9. The van der Waals surface area contributed by atoms with Crippen molar-refractivity contribution < 1.29 is 90.3 Å². The van der Waals surface area contributed by atoms with Gasteiger partial charge in [0, 0.05) is 66.7 Å². The van der Waals surface area contributed by atoms with E-state index in [1.165, 1.54) is 79.7 Å². The summed E-state index contributed by atoms with van der Waals surface area (Å²) in [4.78, 5) is 128. The first kappa shape index (κ1) is 72.0. The third-order valence-electron chi connectivity index (χ3n) is 10.7. The number of Topliss-reactive ketones (excluding diaryl/α,β-unsaturated/α-hetero) is 1. The maximum atomic E-state index is 11.4. The summed E-state index contributed by atoms with van der Waals surface area (Å²) < 4.78 is 39.6. The van der Waals surface area contributed by atoms with Gasteiger partial charge in [0.15, 0.2) is 19.1 Å². The van der Waals surface area contributed by atoms with Gasteiger partial charge < -0.3 is 54.3 Å². The lowest BCUT2D eigenvalue weighted by Crippen LogP contribution is -2.43. The van der Waals surface area contributed by atoms with Crippen LogP contribution in [0.2, 0.25) is 0 Å². The Morgan fingerprint density at radius 2 is 1.29 bits per heavy atom. The number of fused-ring (bicyclic) bond motifs is 2. The van der Waals surface area contributed by atoms with Crippen LogP contribution >= 0.6 is 0 Å². The molecule has 2 aromatic rings. The van der Waals surface area contributed by atoms with Gasteiger partial charge in [-0.1, -0.05) is 6.08 Å². The molecule has 5 rings (SSSR count). The second-order valence-electron chi connectivity index (χ2n) is 16.1. The van der Waals surface area contributed by atoms with Crippen LogP contribution < -0.4 is 16.4 Å². The number of hydrogen-bond acceptors (Lipinski definition) is 25. The standard InChI is InChI=1S/C10H17NO6.C9H11N3O2.C8H15NO4.C7H9N3.C7H11NO3.C5H8O2.C3H6NO2/c1-7(5-8(12)15-2)11(10(14)17-4)6-9(13)16-3;1-6-7-3-10-5-11-8(7)4-12(6)9(13)14-2;1-6(4-7(10)12-2)9-5-8(11)13-3;1-5-6-2-8-4-10-7(6)3-9-5;1-5-3-6(9)4-8(5)7(10)11-2;1-3-4-5(6)7-2;1-6-3(5)2-4/h7H,5-6H2,1-4H3;3,5-6H,4H2,1-2H3;6,9H,4-5H2,1-3H3;2,4-5,9H,3H2,1H3;5H,3-4H2,1-2H3;3-4H,1-2H3;1-2,4H2/q;;;;;;+1/b;;;;;4-3+;. The van der Waals surface area contributed by atoms with Crippen LogP contribution in [-0.4, -0.2) is 202 Å². The first-order valence-electron chi connectivity index (χ1n) is 23.7. The summed E-state index contributed by atoms with van der Waals surface area (Å²) in [5, 5.41) is 6.11. The second kappa shape index (κ2) is 41.2. The molecule has 0 bridgehead atoms. The molecule has 0 saturated carbocycles. The molecule has 78 heavy (non-hydrogen) atoms. The van der Waals surface area contributed by atoms with Gasteiger partial charge in [-0.05, 0) is 41.5 Å². The van der Waals surface area contributed by atoms with E-state index >= 15 is 0 Å². The second-order valence-corrected chi connectivity index (χ2v) is 16.1. The van der Waals surface area contributed by atoms with Crippen molar-refractivity contribution in [3.63, 3.8) is 0 Å². The highest BCUT2D eigenvalue weighted by Crippen LogP contribution is 2.31. The van der Waals surface area contributed by atoms with Crippen molar-refractivity contribution in [2.24, 2.45) is 5.73 Å². The van der Waals surface area contributed by atoms with Crippen LogP contribution in [0.15, 0.2) is 37.2 Å². The van der Waals surface area contributed by atoms with Crippen LogP contribution in [0.4, 0.5) is 14.4 Å². The molecule has 2 aromatic heterocycles. The predicted octanol–water partition coefficient (Wildman–Crippen LogP) is 1.63. The number of methoxy groups -OCH3 is 8. The van der Waals surface area contributed by atoms with Gasteiger partial charge in [0.05, 0.1) is 112 Å². The molecule has 0 radical (unpaired) electrons. The average molecular weight is 1110 g/mol. The number of nitrogens with one attached hydrogen (secondary N) is 2. The molecule has 0 spiro atoms. The number of aromatic nitrogens is 4. The van der Waals surface area contributed by atoms with E-state index in [2.05, 4.69) is 86.6 Å². The summed E-state index contributed by atoms with van der Waals surface area (Å²) in [7, 11) is 10.3. The molecule has 1 saturated heterocycles. The number of amides is 3. The van der Waals surface area contributed by atoms with Gasteiger partial charge in [0.1, 0.15) is 19.2 Å². The van der Waals surface area contributed by atoms with Gasteiger partial charge in [0.2, 0.25) is 0 Å². The van der Waals surface area contributed by atoms with E-state index in [1.54, 1.807) is 44.3 Å². The predicted molar refractivity (Wildman–Crippen MR) is 275 cm³/mol. The van der Waals surface area contributed by atoms with Crippen LogP contribution in [0.3, 0.4) is 0 Å². The summed E-state index contributed by atoms with van der Waals surface area (Å²) in [5.74, 6) is -2.41. The fraction of sp³-hybridized carbons (Fsp3) is 0.571. The topological polar surface area (TPSA) is 367 Å². The molecule has 5 unspecified atom stereocenters. The maximum Gasteiger partial charge on any atom is 0.592 e. The molecular weight excluding hydrogens is 1030 g/mol. The largest absolute Gasteiger partial charge is 0.592 e. The minimum atomic E-state index is -0.702. The van der Waals surface area contributed by atoms with Crippen molar-refractivity contribution in [2.75, 3.05) is 83.1 Å². The number of nitrogens with zero attached hydrogens (tertiary/aromatic N) is 7. The molecule has 29 nitrogen and oxygen atoms in total. The molecule has 29 heteroatoms. The number of carbonyl (C=O) groups excluding carboxylic acids is 11. The lowest BCUT2D eigenvalue weighted by Gasteiger charge is -2.25. The number of likely N-dealkylation sites (tertiary alicyclic amines) is 1. The molecule has 4 N–H and O–H groups in total. The first-order valence-corrected chi connectivity index (χ1v) is 23.7. The minimum Gasteiger partial charge on any atom is -0.469 e. The van der Waals surface area contributed by atoms with Crippen LogP contribution in [0.5, 0.6) is 0 Å². The summed E-state index contributed by atoms with van der Waals surface area (Å²) in [5.41, 5.74) is 9.05. The molecule has 3 aliphatic heterocycles. The zero-order chi connectivity index (χ0) is 59.9. The van der Waals surface area contributed by atoms with Crippen molar-refractivity contribution in [2.45, 2.75) is 104 Å². The molecule has 436 valence electrons. The van der Waals surface area contributed by atoms with Gasteiger partial charge >= 0.3 is 54.1 Å². The monoisotopic (exact) mass is 1110 g/mol. The Morgan fingerprint density at radius 1 is 0.756 bits per heavy atom. The van der Waals surface area contributed by atoms with Gasteiger partial charge in [0.25, 0.3) is 0 Å². The van der Waals surface area contributed by atoms with E-state index in [4.69, 9.17) is 5.73 Å². The lowest BCUT2D eigenvalue weighted by atomic mass is 10.2. The number of allylic oxidation sites excluding steroid dienone is 1. The fourth-order valence-corrected chi connectivity index (χ4v) is 6.25. The minimum absolute atomic E-state index is 0.00125. The SMILES string of the molecule is C/C=C/C(=O)OC.C=[O+]C(=O)CN.CC1NCc2ncncc21.COC(=O)CC(C)N(CC(=O)OC)C(=O)OC.COC(=O)CNC(C)CC(=O)OC.COC(=O)N1CC(=O)CC1C.COC(=O)N1Cc2ncncc2C1C. The van der Waals surface area contributed by atoms with Crippen molar-refractivity contribution in [3.8, 4) is 0 Å². The lowest BCUT2D eigenvalue weighted by molar-refractivity contribution is -0.366. The average Bonchev–Trinajstić information content (AvgIpc) is 4.13. The molecule has 3 aliphatic rings. The Bertz CT molecular complexity index is 2270. The number of esters is 5. The third kappa shape index (κ3) is 28.7. The van der Waals surface area contributed by atoms with Crippen LogP contribution in [0.25, 0.3) is 0 Å². The van der Waals surface area contributed by atoms with E-state index < -0.39 is 36.1 Å². The summed E-state index contributed by atoms with van der Waals surface area (Å²) >= 11 is 0. The number of rotatable bonds is 12. The number of carbonyl (C=O) groups is 10. The van der Waals surface area contributed by atoms with Crippen LogP contribution in [0, 0.1) is 0 Å². The number of ether oxygens (including phenoxy) is 8. The molecule has 5 heterocycles. The normalized spacial score (nSPS) is 15.6. The third-order valence-corrected chi connectivity index (χ3v) is 10.7. The zero-order valence-corrected chi connectivity index (χ0v) is 46.9. The maximum absolute atomic E-state index is 11.4. The van der Waals surface area contributed by atoms with Gasteiger partial charge in [-0.3, -0.25) is 43.1 Å². The Balaban J connectivity index is 0. The smallest absolute Gasteiger partial charge is 0.469 e. The van der Waals surface area contributed by atoms with E-state index in [9.17, 15) is 47.9 Å². The van der Waals surface area contributed by atoms with Crippen LogP contribution in [-0.2, 0) is 89.0 Å². The molecule has 3 amide bonds. The Kier molecular flexibility index (Phi) is 38.0. The van der Waals surface area contributed by atoms with Crippen molar-refractivity contribution in [3.05, 3.63) is 59.7 Å².